The van der Waals surface area contributed by atoms with Crippen LogP contribution in [0.25, 0.3) is 0 Å². The summed E-state index contributed by atoms with van der Waals surface area (Å²) in [5.41, 5.74) is 0.418. The van der Waals surface area contributed by atoms with Crippen molar-refractivity contribution in [3.05, 3.63) is 35.4 Å². The molecule has 4 heteroatoms. The first-order chi connectivity index (χ1) is 13.3. The summed E-state index contributed by atoms with van der Waals surface area (Å²) in [5.74, 6) is -0.0621. The van der Waals surface area contributed by atoms with Crippen LogP contribution in [-0.4, -0.2) is 23.1 Å². The summed E-state index contributed by atoms with van der Waals surface area (Å²) < 4.78 is 5.77. The lowest BCUT2D eigenvalue weighted by atomic mass is 9.99. The lowest BCUT2D eigenvalue weighted by molar-refractivity contribution is 0.0247. The molecular formula is C24H38O4. The molecule has 1 atom stereocenters. The minimum Gasteiger partial charge on any atom is -0.478 e. The first-order valence-electron chi connectivity index (χ1n) is 10.8. The number of esters is 1. The molecule has 0 bridgehead atoms. The van der Waals surface area contributed by atoms with Gasteiger partial charge >= 0.3 is 11.9 Å². The first-order valence-corrected chi connectivity index (χ1v) is 10.8. The molecule has 1 unspecified atom stereocenters. The minimum atomic E-state index is -1.04. The molecule has 0 amide bonds. The van der Waals surface area contributed by atoms with E-state index in [9.17, 15) is 9.59 Å². The second kappa shape index (κ2) is 13.4. The monoisotopic (exact) mass is 390 g/mol. The van der Waals surface area contributed by atoms with Crippen LogP contribution in [0.15, 0.2) is 24.3 Å². The maximum atomic E-state index is 12.5. The molecule has 0 fully saturated rings. The lowest BCUT2D eigenvalue weighted by Gasteiger charge is -2.19. The largest absolute Gasteiger partial charge is 0.478 e. The van der Waals surface area contributed by atoms with Gasteiger partial charge in [-0.3, -0.25) is 0 Å². The van der Waals surface area contributed by atoms with Crippen LogP contribution in [0.3, 0.4) is 0 Å². The Balaban J connectivity index is 2.56. The zero-order chi connectivity index (χ0) is 20.9. The fraction of sp³-hybridized carbons (Fsp3) is 0.667. The van der Waals surface area contributed by atoms with Crippen LogP contribution in [0.5, 0.6) is 0 Å². The number of ether oxygens (including phenoxy) is 1. The van der Waals surface area contributed by atoms with E-state index < -0.39 is 11.9 Å². The lowest BCUT2D eigenvalue weighted by Crippen LogP contribution is -2.19. The van der Waals surface area contributed by atoms with Gasteiger partial charge < -0.3 is 9.84 Å². The average molecular weight is 391 g/mol. The van der Waals surface area contributed by atoms with E-state index in [1.165, 1.54) is 37.8 Å². The Kier molecular flexibility index (Phi) is 11.5. The molecule has 1 rings (SSSR count). The fourth-order valence-corrected chi connectivity index (χ4v) is 3.29. The molecule has 1 aromatic carbocycles. The number of hydrogen-bond acceptors (Lipinski definition) is 3. The van der Waals surface area contributed by atoms with Gasteiger partial charge in [0.2, 0.25) is 0 Å². The van der Waals surface area contributed by atoms with Gasteiger partial charge in [-0.1, -0.05) is 65.9 Å². The third kappa shape index (κ3) is 10.5. The molecule has 0 aromatic heterocycles. The van der Waals surface area contributed by atoms with Gasteiger partial charge in [0.05, 0.1) is 11.1 Å². The van der Waals surface area contributed by atoms with E-state index in [4.69, 9.17) is 9.84 Å². The molecular weight excluding hydrogens is 352 g/mol. The minimum absolute atomic E-state index is 0.0927. The van der Waals surface area contributed by atoms with Crippen molar-refractivity contribution in [1.29, 1.82) is 0 Å². The van der Waals surface area contributed by atoms with Crippen molar-refractivity contribution in [3.63, 3.8) is 0 Å². The first kappa shape index (κ1) is 24.2. The third-order valence-electron chi connectivity index (χ3n) is 4.98. The Morgan fingerprint density at radius 3 is 1.96 bits per heavy atom. The molecule has 158 valence electrons. The smallest absolute Gasteiger partial charge is 0.338 e. The van der Waals surface area contributed by atoms with Crippen molar-refractivity contribution in [3.8, 4) is 0 Å². The molecule has 4 nitrogen and oxygen atoms in total. The quantitative estimate of drug-likeness (QED) is 0.282. The SMILES string of the molecule is CC(C)CCCCCCC(CCCC(C)C)OC(=O)c1cccc(C(=O)O)c1. The topological polar surface area (TPSA) is 63.6 Å². The van der Waals surface area contributed by atoms with Crippen LogP contribution < -0.4 is 0 Å². The standard InChI is InChI=1S/C24H38O4/c1-18(2)11-7-5-6-8-15-22(16-9-12-19(3)4)28-24(27)21-14-10-13-20(17-21)23(25)26/h10,13-14,17-19,22H,5-9,11-12,15-16H2,1-4H3,(H,25,26). The zero-order valence-corrected chi connectivity index (χ0v) is 18.1. The van der Waals surface area contributed by atoms with Crippen LogP contribution in [0.1, 0.15) is 106 Å². The van der Waals surface area contributed by atoms with Crippen LogP contribution >= 0.6 is 0 Å². The molecule has 0 saturated carbocycles. The van der Waals surface area contributed by atoms with Gasteiger partial charge in [0.25, 0.3) is 0 Å². The number of carbonyl (C=O) groups excluding carboxylic acids is 1. The Hall–Kier alpha value is -1.84. The Morgan fingerprint density at radius 1 is 0.821 bits per heavy atom. The van der Waals surface area contributed by atoms with E-state index in [1.54, 1.807) is 12.1 Å². The number of rotatable bonds is 14. The van der Waals surface area contributed by atoms with Crippen molar-refractivity contribution in [1.82, 2.24) is 0 Å². The number of carboxylic acid groups (broad SMARTS) is 1. The van der Waals surface area contributed by atoms with Crippen molar-refractivity contribution in [2.75, 3.05) is 0 Å². The Labute approximate surface area is 170 Å². The number of benzene rings is 1. The van der Waals surface area contributed by atoms with Gasteiger partial charge in [0.1, 0.15) is 6.10 Å². The molecule has 0 radical (unpaired) electrons. The molecule has 1 N–H and O–H groups in total. The van der Waals surface area contributed by atoms with E-state index in [0.717, 1.165) is 38.0 Å². The molecule has 0 aliphatic carbocycles. The van der Waals surface area contributed by atoms with Crippen LogP contribution in [0.4, 0.5) is 0 Å². The van der Waals surface area contributed by atoms with Gasteiger partial charge in [-0.25, -0.2) is 9.59 Å². The molecule has 1 aromatic rings. The van der Waals surface area contributed by atoms with E-state index in [1.807, 2.05) is 0 Å². The summed E-state index contributed by atoms with van der Waals surface area (Å²) in [6.07, 6.45) is 9.81. The fourth-order valence-electron chi connectivity index (χ4n) is 3.29. The van der Waals surface area contributed by atoms with E-state index in [0.29, 0.717) is 11.5 Å². The summed E-state index contributed by atoms with van der Waals surface area (Å²) in [4.78, 5) is 23.6. The molecule has 28 heavy (non-hydrogen) atoms. The molecule has 0 heterocycles. The summed E-state index contributed by atoms with van der Waals surface area (Å²) in [6, 6.07) is 6.08. The number of unbranched alkanes of at least 4 members (excludes halogenated alkanes) is 3. The van der Waals surface area contributed by atoms with Gasteiger partial charge in [-0.05, 0) is 55.7 Å². The maximum Gasteiger partial charge on any atom is 0.338 e. The normalized spacial score (nSPS) is 12.4. The van der Waals surface area contributed by atoms with E-state index in [2.05, 4.69) is 27.7 Å². The molecule has 0 aliphatic rings. The van der Waals surface area contributed by atoms with Crippen molar-refractivity contribution < 1.29 is 19.4 Å². The van der Waals surface area contributed by atoms with E-state index in [-0.39, 0.29) is 11.7 Å². The predicted molar refractivity (Wildman–Crippen MR) is 114 cm³/mol. The highest BCUT2D eigenvalue weighted by Gasteiger charge is 2.17. The second-order valence-corrected chi connectivity index (χ2v) is 8.62. The highest BCUT2D eigenvalue weighted by molar-refractivity contribution is 5.94. The number of hydrogen-bond donors (Lipinski definition) is 1. The summed E-state index contributed by atoms with van der Waals surface area (Å²) in [6.45, 7) is 8.91. The zero-order valence-electron chi connectivity index (χ0n) is 18.1. The average Bonchev–Trinajstić information content (AvgIpc) is 2.63. The van der Waals surface area contributed by atoms with E-state index >= 15 is 0 Å². The van der Waals surface area contributed by atoms with Gasteiger partial charge in [-0.2, -0.15) is 0 Å². The van der Waals surface area contributed by atoms with Crippen LogP contribution in [0, 0.1) is 11.8 Å². The molecule has 0 spiro atoms. The maximum absolute atomic E-state index is 12.5. The van der Waals surface area contributed by atoms with Crippen molar-refractivity contribution >= 4 is 11.9 Å². The number of aromatic carboxylic acids is 1. The Bertz CT molecular complexity index is 592. The number of carboxylic acids is 1. The molecule has 0 aliphatic heterocycles. The second-order valence-electron chi connectivity index (χ2n) is 8.62. The Morgan fingerprint density at radius 2 is 1.36 bits per heavy atom. The summed E-state index contributed by atoms with van der Waals surface area (Å²) >= 11 is 0. The van der Waals surface area contributed by atoms with Crippen LogP contribution in [-0.2, 0) is 4.74 Å². The van der Waals surface area contributed by atoms with Gasteiger partial charge in [0.15, 0.2) is 0 Å². The van der Waals surface area contributed by atoms with Crippen molar-refractivity contribution in [2.45, 2.75) is 91.6 Å². The van der Waals surface area contributed by atoms with Gasteiger partial charge in [0, 0.05) is 0 Å². The summed E-state index contributed by atoms with van der Waals surface area (Å²) in [5, 5.41) is 9.11. The number of carbonyl (C=O) groups is 2. The third-order valence-corrected chi connectivity index (χ3v) is 4.98. The highest BCUT2D eigenvalue weighted by Crippen LogP contribution is 2.19. The summed E-state index contributed by atoms with van der Waals surface area (Å²) in [7, 11) is 0. The van der Waals surface area contributed by atoms with Crippen molar-refractivity contribution in [2.24, 2.45) is 11.8 Å². The predicted octanol–water partition coefficient (Wildman–Crippen LogP) is 6.73. The molecule has 0 saturated heterocycles. The van der Waals surface area contributed by atoms with Gasteiger partial charge in [-0.15, -0.1) is 0 Å². The van der Waals surface area contributed by atoms with Crippen LogP contribution in [0.2, 0.25) is 0 Å². The highest BCUT2D eigenvalue weighted by atomic mass is 16.5.